The summed E-state index contributed by atoms with van der Waals surface area (Å²) >= 11 is 0. The number of hydrogen-bond acceptors (Lipinski definition) is 1. The number of nitrogens with one attached hydrogen (secondary N) is 1. The molecule has 170 valence electrons. The van der Waals surface area contributed by atoms with Gasteiger partial charge in [-0.2, -0.15) is 0 Å². The van der Waals surface area contributed by atoms with Crippen molar-refractivity contribution in [2.75, 3.05) is 6.54 Å². The zero-order chi connectivity index (χ0) is 22.1. The fourth-order valence-electron chi connectivity index (χ4n) is 7.68. The Hall–Kier alpha value is -2.23. The molecule has 4 bridgehead atoms. The minimum Gasteiger partial charge on any atom is -0.348 e. The molecular formula is C28H37N3O. The molecule has 4 aliphatic carbocycles. The van der Waals surface area contributed by atoms with Gasteiger partial charge in [0, 0.05) is 30.5 Å². The van der Waals surface area contributed by atoms with E-state index in [0.29, 0.717) is 0 Å². The molecule has 0 radical (unpaired) electrons. The third-order valence-corrected chi connectivity index (χ3v) is 8.80. The molecule has 1 unspecified atom stereocenters. The molecule has 1 aliphatic heterocycles. The quantitative estimate of drug-likeness (QED) is 0.634. The highest BCUT2D eigenvalue weighted by Gasteiger charge is 2.52. The first kappa shape index (κ1) is 20.4. The van der Waals surface area contributed by atoms with Crippen LogP contribution in [0.25, 0.3) is 0 Å². The lowest BCUT2D eigenvalue weighted by Crippen LogP contribution is -2.62. The minimum atomic E-state index is -0.0262. The first-order chi connectivity index (χ1) is 15.3. The second-order valence-corrected chi connectivity index (χ2v) is 12.2. The molecule has 1 aromatic carbocycles. The molecule has 2 aromatic rings. The monoisotopic (exact) mass is 431 g/mol. The molecule has 1 N–H and O–H groups in total. The molecule has 5 aliphatic rings. The van der Waals surface area contributed by atoms with Gasteiger partial charge in [0.2, 0.25) is 0 Å². The number of carbonyl (C=O) groups excluding carboxylic acids is 1. The van der Waals surface area contributed by atoms with Crippen molar-refractivity contribution in [3.63, 3.8) is 0 Å². The minimum absolute atomic E-state index is 0.0262. The summed E-state index contributed by atoms with van der Waals surface area (Å²) in [6, 6.07) is 13.4. The van der Waals surface area contributed by atoms with E-state index in [1.54, 1.807) is 0 Å². The fraction of sp³-hybridized carbons (Fsp3) is 0.607. The van der Waals surface area contributed by atoms with Crippen molar-refractivity contribution in [1.82, 2.24) is 14.8 Å². The van der Waals surface area contributed by atoms with E-state index in [4.69, 9.17) is 0 Å². The van der Waals surface area contributed by atoms with Crippen molar-refractivity contribution in [3.05, 3.63) is 59.4 Å². The van der Waals surface area contributed by atoms with Crippen LogP contribution in [0.5, 0.6) is 0 Å². The number of rotatable bonds is 2. The Kier molecular flexibility index (Phi) is 4.54. The first-order valence-electron chi connectivity index (χ1n) is 12.6. The summed E-state index contributed by atoms with van der Waals surface area (Å²) in [5.41, 5.74) is 3.93. The van der Waals surface area contributed by atoms with Crippen molar-refractivity contribution in [2.24, 2.45) is 17.8 Å². The van der Waals surface area contributed by atoms with Crippen LogP contribution in [0, 0.1) is 17.8 Å². The maximum atomic E-state index is 13.8. The van der Waals surface area contributed by atoms with Crippen LogP contribution in [0.1, 0.15) is 82.2 Å². The smallest absolute Gasteiger partial charge is 0.318 e. The third-order valence-electron chi connectivity index (χ3n) is 8.80. The van der Waals surface area contributed by atoms with Crippen molar-refractivity contribution < 1.29 is 4.79 Å². The zero-order valence-corrected chi connectivity index (χ0v) is 19.8. The van der Waals surface area contributed by atoms with E-state index in [1.807, 2.05) is 0 Å². The van der Waals surface area contributed by atoms with E-state index in [-0.39, 0.29) is 23.0 Å². The maximum absolute atomic E-state index is 13.8. The normalized spacial score (nSPS) is 33.3. The Morgan fingerprint density at radius 2 is 1.56 bits per heavy atom. The molecule has 2 amide bonds. The second-order valence-electron chi connectivity index (χ2n) is 12.2. The van der Waals surface area contributed by atoms with Crippen LogP contribution in [-0.4, -0.2) is 27.6 Å². The van der Waals surface area contributed by atoms with E-state index in [1.165, 1.54) is 55.3 Å². The molecule has 4 heteroatoms. The second kappa shape index (κ2) is 7.13. The summed E-state index contributed by atoms with van der Waals surface area (Å²) in [6.07, 6.45) is 9.93. The van der Waals surface area contributed by atoms with Gasteiger partial charge in [0.25, 0.3) is 0 Å². The Morgan fingerprint density at radius 1 is 0.938 bits per heavy atom. The molecular weight excluding hydrogens is 394 g/mol. The number of benzene rings is 1. The molecule has 4 nitrogen and oxygen atoms in total. The molecule has 1 aromatic heterocycles. The number of amides is 2. The van der Waals surface area contributed by atoms with Crippen molar-refractivity contribution >= 4 is 6.03 Å². The van der Waals surface area contributed by atoms with Crippen LogP contribution in [0.4, 0.5) is 4.79 Å². The SMILES string of the molecule is CC(C)(C)c1ccc(C2c3cccn3CCN2C(=O)NC23CC4CC(CC(C4)C2)C3)cc1. The summed E-state index contributed by atoms with van der Waals surface area (Å²) in [6.45, 7) is 8.37. The summed E-state index contributed by atoms with van der Waals surface area (Å²) in [7, 11) is 0. The van der Waals surface area contributed by atoms with Crippen molar-refractivity contribution in [3.8, 4) is 0 Å². The molecule has 0 saturated heterocycles. The van der Waals surface area contributed by atoms with Crippen molar-refractivity contribution in [1.29, 1.82) is 0 Å². The van der Waals surface area contributed by atoms with Gasteiger partial charge in [-0.25, -0.2) is 4.79 Å². The third kappa shape index (κ3) is 3.38. The lowest BCUT2D eigenvalue weighted by Gasteiger charge is -2.57. The fourth-order valence-corrected chi connectivity index (χ4v) is 7.68. The number of hydrogen-bond donors (Lipinski definition) is 1. The average Bonchev–Trinajstić information content (AvgIpc) is 3.20. The topological polar surface area (TPSA) is 37.3 Å². The van der Waals surface area contributed by atoms with Gasteiger partial charge in [-0.05, 0) is 85.0 Å². The summed E-state index contributed by atoms with van der Waals surface area (Å²) < 4.78 is 2.32. The Balaban J connectivity index is 1.30. The van der Waals surface area contributed by atoms with E-state index in [2.05, 4.69) is 78.2 Å². The maximum Gasteiger partial charge on any atom is 0.318 e. The van der Waals surface area contributed by atoms with Crippen LogP contribution in [0.15, 0.2) is 42.6 Å². The summed E-state index contributed by atoms with van der Waals surface area (Å²) in [5, 5.41) is 3.63. The van der Waals surface area contributed by atoms with Gasteiger partial charge in [-0.3, -0.25) is 0 Å². The van der Waals surface area contributed by atoms with Gasteiger partial charge < -0.3 is 14.8 Å². The van der Waals surface area contributed by atoms with Gasteiger partial charge in [-0.1, -0.05) is 45.0 Å². The Morgan fingerprint density at radius 3 is 2.16 bits per heavy atom. The molecule has 2 heterocycles. The predicted molar refractivity (Wildman–Crippen MR) is 128 cm³/mol. The van der Waals surface area contributed by atoms with Crippen LogP contribution >= 0.6 is 0 Å². The highest BCUT2D eigenvalue weighted by Crippen LogP contribution is 2.55. The lowest BCUT2D eigenvalue weighted by atomic mass is 9.53. The number of aromatic nitrogens is 1. The number of urea groups is 1. The number of fused-ring (bicyclic) bond motifs is 1. The molecule has 7 rings (SSSR count). The van der Waals surface area contributed by atoms with Gasteiger partial charge >= 0.3 is 6.03 Å². The van der Waals surface area contributed by atoms with E-state index < -0.39 is 0 Å². The average molecular weight is 432 g/mol. The molecule has 4 fully saturated rings. The van der Waals surface area contributed by atoms with E-state index in [0.717, 1.165) is 30.8 Å². The summed E-state index contributed by atoms with van der Waals surface area (Å²) in [4.78, 5) is 15.9. The molecule has 4 saturated carbocycles. The van der Waals surface area contributed by atoms with E-state index >= 15 is 0 Å². The molecule has 1 atom stereocenters. The number of carbonyl (C=O) groups is 1. The Labute approximate surface area is 192 Å². The van der Waals surface area contributed by atoms with Gasteiger partial charge in [0.1, 0.15) is 0 Å². The van der Waals surface area contributed by atoms with Gasteiger partial charge in [0.15, 0.2) is 0 Å². The predicted octanol–water partition coefficient (Wildman–Crippen LogP) is 5.87. The highest BCUT2D eigenvalue weighted by molar-refractivity contribution is 5.76. The molecule has 32 heavy (non-hydrogen) atoms. The zero-order valence-electron chi connectivity index (χ0n) is 19.8. The Bertz CT molecular complexity index is 977. The largest absolute Gasteiger partial charge is 0.348 e. The van der Waals surface area contributed by atoms with Crippen LogP contribution in [0.3, 0.4) is 0 Å². The van der Waals surface area contributed by atoms with Crippen LogP contribution < -0.4 is 5.32 Å². The van der Waals surface area contributed by atoms with Gasteiger partial charge in [0.05, 0.1) is 6.04 Å². The number of nitrogens with zero attached hydrogens (tertiary/aromatic N) is 2. The van der Waals surface area contributed by atoms with E-state index in [9.17, 15) is 4.79 Å². The van der Waals surface area contributed by atoms with Crippen LogP contribution in [-0.2, 0) is 12.0 Å². The molecule has 0 spiro atoms. The lowest BCUT2D eigenvalue weighted by molar-refractivity contribution is -0.0165. The highest BCUT2D eigenvalue weighted by atomic mass is 16.2. The standard InChI is InChI=1S/C28H37N3O/c1-27(2,3)23-8-6-22(7-9-23)25-24-5-4-10-30(24)11-12-31(25)26(32)29-28-16-19-13-20(17-28)15-21(14-19)18-28/h4-10,19-21,25H,11-18H2,1-3H3,(H,29,32). The van der Waals surface area contributed by atoms with Crippen LogP contribution in [0.2, 0.25) is 0 Å². The first-order valence-corrected chi connectivity index (χ1v) is 12.6. The van der Waals surface area contributed by atoms with Crippen molar-refractivity contribution in [2.45, 2.75) is 82.8 Å². The summed E-state index contributed by atoms with van der Waals surface area (Å²) in [5.74, 6) is 2.50. The van der Waals surface area contributed by atoms with Gasteiger partial charge in [-0.15, -0.1) is 0 Å².